The van der Waals surface area contributed by atoms with Gasteiger partial charge in [0.25, 0.3) is 0 Å². The molecule has 1 aromatic heterocycles. The minimum absolute atomic E-state index is 0.373. The average Bonchev–Trinajstić information content (AvgIpc) is 2.99. The number of hydrogen-bond donors (Lipinski definition) is 4. The van der Waals surface area contributed by atoms with Gasteiger partial charge in [-0.1, -0.05) is 11.3 Å². The van der Waals surface area contributed by atoms with Gasteiger partial charge in [0.15, 0.2) is 5.58 Å². The minimum atomic E-state index is -1.40. The van der Waals surface area contributed by atoms with E-state index in [1.54, 1.807) is 19.9 Å². The lowest BCUT2D eigenvalue weighted by atomic mass is 9.97. The van der Waals surface area contributed by atoms with E-state index < -0.39 is 48.1 Å². The van der Waals surface area contributed by atoms with Gasteiger partial charge >= 0.3 is 4.94 Å². The van der Waals surface area contributed by atoms with E-state index in [1.807, 2.05) is 0 Å². The summed E-state index contributed by atoms with van der Waals surface area (Å²) in [7, 11) is 0. The molecule has 0 radical (unpaired) electrons. The van der Waals surface area contributed by atoms with E-state index in [0.29, 0.717) is 27.2 Å². The summed E-state index contributed by atoms with van der Waals surface area (Å²) < 4.78 is 17.2. The lowest BCUT2D eigenvalue weighted by Crippen LogP contribution is -2.65. The topological polar surface area (TPSA) is 138 Å². The molecule has 2 heterocycles. The van der Waals surface area contributed by atoms with Gasteiger partial charge in [0.05, 0.1) is 11.3 Å². The van der Waals surface area contributed by atoms with Crippen molar-refractivity contribution in [2.75, 3.05) is 6.61 Å². The molecule has 2 aromatic rings. The molecular formula is C17H21NO8S. The van der Waals surface area contributed by atoms with Gasteiger partial charge in [0, 0.05) is 13.0 Å². The molecule has 9 nitrogen and oxygen atoms in total. The zero-order valence-electron chi connectivity index (χ0n) is 15.0. The number of hydrogen-bond acceptors (Lipinski definition) is 9. The number of amides is 1. The lowest BCUT2D eigenvalue weighted by molar-refractivity contribution is -0.244. The molecule has 10 heteroatoms. The third-order valence-corrected chi connectivity index (χ3v) is 5.40. The van der Waals surface area contributed by atoms with Crippen LogP contribution in [0.15, 0.2) is 15.3 Å². The highest BCUT2D eigenvalue weighted by molar-refractivity contribution is 7.16. The van der Waals surface area contributed by atoms with Crippen LogP contribution in [0, 0.1) is 13.8 Å². The van der Waals surface area contributed by atoms with Crippen LogP contribution in [-0.2, 0) is 9.53 Å². The van der Waals surface area contributed by atoms with E-state index in [0.717, 1.165) is 11.3 Å². The van der Waals surface area contributed by atoms with E-state index in [2.05, 4.69) is 5.32 Å². The summed E-state index contributed by atoms with van der Waals surface area (Å²) >= 11 is 0.926. The summed E-state index contributed by atoms with van der Waals surface area (Å²) in [5.74, 6) is -0.0695. The Balaban J connectivity index is 1.97. The fourth-order valence-electron chi connectivity index (χ4n) is 3.05. The Morgan fingerprint density at radius 3 is 2.63 bits per heavy atom. The van der Waals surface area contributed by atoms with Crippen molar-refractivity contribution in [1.29, 1.82) is 0 Å². The number of carbonyl (C=O) groups excluding carboxylic acids is 1. The van der Waals surface area contributed by atoms with Crippen molar-refractivity contribution in [1.82, 2.24) is 5.32 Å². The molecule has 5 atom stereocenters. The van der Waals surface area contributed by atoms with Crippen LogP contribution in [0.25, 0.3) is 10.3 Å². The first-order valence-corrected chi connectivity index (χ1v) is 9.14. The Morgan fingerprint density at radius 1 is 1.30 bits per heavy atom. The van der Waals surface area contributed by atoms with E-state index in [1.165, 1.54) is 6.92 Å². The molecule has 3 rings (SSSR count). The van der Waals surface area contributed by atoms with Crippen LogP contribution >= 0.6 is 11.3 Å². The second-order valence-corrected chi connectivity index (χ2v) is 7.43. The summed E-state index contributed by atoms with van der Waals surface area (Å²) in [6.07, 6.45) is -5.04. The number of rotatable bonds is 4. The monoisotopic (exact) mass is 399 g/mol. The highest BCUT2D eigenvalue weighted by Crippen LogP contribution is 2.33. The first kappa shape index (κ1) is 19.8. The van der Waals surface area contributed by atoms with Gasteiger partial charge in [-0.2, -0.15) is 0 Å². The highest BCUT2D eigenvalue weighted by Gasteiger charge is 2.46. The molecule has 4 N–H and O–H groups in total. The summed E-state index contributed by atoms with van der Waals surface area (Å²) in [5, 5.41) is 32.3. The molecule has 0 saturated carbocycles. The van der Waals surface area contributed by atoms with Gasteiger partial charge in [-0.3, -0.25) is 4.79 Å². The molecule has 0 spiro atoms. The van der Waals surface area contributed by atoms with Crippen molar-refractivity contribution in [3.63, 3.8) is 0 Å². The summed E-state index contributed by atoms with van der Waals surface area (Å²) in [5.41, 5.74) is 1.88. The van der Waals surface area contributed by atoms with Crippen LogP contribution in [0.4, 0.5) is 0 Å². The summed E-state index contributed by atoms with van der Waals surface area (Å²) in [6, 6.07) is 0.561. The number of benzene rings is 1. The third-order valence-electron chi connectivity index (χ3n) is 4.63. The molecule has 1 amide bonds. The molecule has 1 saturated heterocycles. The van der Waals surface area contributed by atoms with Crippen LogP contribution in [0.2, 0.25) is 0 Å². The maximum Gasteiger partial charge on any atom is 0.396 e. The number of ether oxygens (including phenoxy) is 2. The number of carbonyl (C=O) groups is 1. The standard InChI is InChI=1S/C17H21NO8S/c1-6-7(2)15-11(27-17(23)26-15)4-9(6)24-16-12(18-8(3)20)14(22)13(21)10(5-19)25-16/h4,10,12-14,16,19,21-22H,5H2,1-3H3,(H,18,20)/t10-,12+,13+,14+,16-/m1/s1. The molecular weight excluding hydrogens is 378 g/mol. The van der Waals surface area contributed by atoms with E-state index >= 15 is 0 Å². The predicted molar refractivity (Wildman–Crippen MR) is 95.8 cm³/mol. The largest absolute Gasteiger partial charge is 0.462 e. The van der Waals surface area contributed by atoms with E-state index in [9.17, 15) is 24.9 Å². The molecule has 0 bridgehead atoms. The van der Waals surface area contributed by atoms with Gasteiger partial charge in [0.2, 0.25) is 12.2 Å². The number of fused-ring (bicyclic) bond motifs is 1. The first-order chi connectivity index (χ1) is 12.7. The van der Waals surface area contributed by atoms with Crippen molar-refractivity contribution < 1.29 is 34.0 Å². The Labute approximate surface area is 158 Å². The summed E-state index contributed by atoms with van der Waals surface area (Å²) in [6.45, 7) is 4.28. The van der Waals surface area contributed by atoms with Crippen molar-refractivity contribution in [2.45, 2.75) is 51.4 Å². The Morgan fingerprint density at radius 2 is 2.00 bits per heavy atom. The van der Waals surface area contributed by atoms with Crippen LogP contribution in [0.1, 0.15) is 18.1 Å². The second kappa shape index (κ2) is 7.56. The van der Waals surface area contributed by atoms with Crippen molar-refractivity contribution >= 4 is 27.5 Å². The number of aryl methyl sites for hydroxylation is 1. The molecule has 1 fully saturated rings. The SMILES string of the molecule is CC(=O)N[C@@H]1[C@H](Oc2cc3sc(=O)oc3c(C)c2C)O[C@H](CO)[C@H](O)[C@H]1O. The minimum Gasteiger partial charge on any atom is -0.462 e. The smallest absolute Gasteiger partial charge is 0.396 e. The quantitative estimate of drug-likeness (QED) is 0.554. The van der Waals surface area contributed by atoms with Gasteiger partial charge < -0.3 is 34.5 Å². The molecule has 0 aliphatic carbocycles. The van der Waals surface area contributed by atoms with Crippen LogP contribution in [-0.4, -0.2) is 58.5 Å². The second-order valence-electron chi connectivity index (χ2n) is 6.46. The van der Waals surface area contributed by atoms with Gasteiger partial charge in [-0.15, -0.1) is 0 Å². The maximum absolute atomic E-state index is 11.5. The Hall–Kier alpha value is -1.98. The highest BCUT2D eigenvalue weighted by atomic mass is 32.1. The molecule has 27 heavy (non-hydrogen) atoms. The number of aliphatic hydroxyl groups is 3. The third kappa shape index (κ3) is 3.71. The van der Waals surface area contributed by atoms with E-state index in [-0.39, 0.29) is 0 Å². The fraction of sp³-hybridized carbons (Fsp3) is 0.529. The lowest BCUT2D eigenvalue weighted by Gasteiger charge is -2.42. The van der Waals surface area contributed by atoms with Crippen molar-refractivity contribution in [3.8, 4) is 5.75 Å². The van der Waals surface area contributed by atoms with Gasteiger partial charge in [-0.25, -0.2) is 4.79 Å². The van der Waals surface area contributed by atoms with Gasteiger partial charge in [-0.05, 0) is 25.0 Å². The number of nitrogens with one attached hydrogen (secondary N) is 1. The summed E-state index contributed by atoms with van der Waals surface area (Å²) in [4.78, 5) is 22.6. The maximum atomic E-state index is 11.5. The van der Waals surface area contributed by atoms with Crippen molar-refractivity contribution in [3.05, 3.63) is 26.9 Å². The average molecular weight is 399 g/mol. The first-order valence-electron chi connectivity index (χ1n) is 8.33. The van der Waals surface area contributed by atoms with Gasteiger partial charge in [0.1, 0.15) is 30.1 Å². The molecule has 1 aliphatic heterocycles. The Bertz CT molecular complexity index is 906. The van der Waals surface area contributed by atoms with Crippen LogP contribution in [0.3, 0.4) is 0 Å². The van der Waals surface area contributed by atoms with E-state index in [4.69, 9.17) is 13.9 Å². The normalized spacial score (nSPS) is 28.3. The molecule has 148 valence electrons. The molecule has 1 aliphatic rings. The predicted octanol–water partition coefficient (Wildman–Crippen LogP) is -0.206. The fourth-order valence-corrected chi connectivity index (χ4v) is 3.81. The Kier molecular flexibility index (Phi) is 5.54. The van der Waals surface area contributed by atoms with Crippen molar-refractivity contribution in [2.24, 2.45) is 0 Å². The molecule has 0 unspecified atom stereocenters. The zero-order chi connectivity index (χ0) is 19.9. The molecule has 1 aromatic carbocycles. The zero-order valence-corrected chi connectivity index (χ0v) is 15.8. The number of aliphatic hydroxyl groups excluding tert-OH is 3. The van der Waals surface area contributed by atoms with Crippen LogP contribution < -0.4 is 15.0 Å². The van der Waals surface area contributed by atoms with Crippen LogP contribution in [0.5, 0.6) is 5.75 Å².